The second kappa shape index (κ2) is 6.85. The quantitative estimate of drug-likeness (QED) is 0.511. The molecule has 98 valence electrons. The number of ether oxygens (including phenoxy) is 1. The largest absolute Gasteiger partial charge is 0.467 e. The van der Waals surface area contributed by atoms with Crippen LogP contribution in [0.1, 0.15) is 20.8 Å². The van der Waals surface area contributed by atoms with Crippen molar-refractivity contribution in [2.24, 2.45) is 5.73 Å². The zero-order valence-corrected chi connectivity index (χ0v) is 10.4. The van der Waals surface area contributed by atoms with Crippen molar-refractivity contribution in [2.75, 3.05) is 7.11 Å². The van der Waals surface area contributed by atoms with Crippen LogP contribution in [-0.4, -0.2) is 43.0 Å². The topological polar surface area (TPSA) is 111 Å². The second-order valence-electron chi connectivity index (χ2n) is 3.77. The molecule has 0 saturated heterocycles. The summed E-state index contributed by atoms with van der Waals surface area (Å²) in [4.78, 5) is 33.8. The summed E-state index contributed by atoms with van der Waals surface area (Å²) in [6, 6.07) is -2.22. The number of methoxy groups -OCH3 is 1. The standard InChI is InChI=1S/C10H19N3O4/c1-5(11)8(14)12-6(2)9(15)13-7(3)10(16)17-4/h5-7H,11H2,1-4H3,(H,12,14)(H,13,15)/t5?,6-,7-/m0/s1. The molecule has 0 aliphatic rings. The zero-order chi connectivity index (χ0) is 13.6. The maximum absolute atomic E-state index is 11.6. The Labute approximate surface area is 100 Å². The number of hydrogen-bond donors (Lipinski definition) is 3. The number of esters is 1. The van der Waals surface area contributed by atoms with E-state index >= 15 is 0 Å². The van der Waals surface area contributed by atoms with Crippen LogP contribution in [0.4, 0.5) is 0 Å². The molecule has 1 unspecified atom stereocenters. The van der Waals surface area contributed by atoms with E-state index in [1.54, 1.807) is 0 Å². The molecule has 0 radical (unpaired) electrons. The lowest BCUT2D eigenvalue weighted by Crippen LogP contribution is -2.52. The SMILES string of the molecule is COC(=O)[C@H](C)NC(=O)[C@H](C)NC(=O)C(C)N. The lowest BCUT2D eigenvalue weighted by atomic mass is 10.2. The molecule has 2 amide bonds. The number of hydrogen-bond acceptors (Lipinski definition) is 5. The average molecular weight is 245 g/mol. The van der Waals surface area contributed by atoms with Crippen molar-refractivity contribution in [3.8, 4) is 0 Å². The van der Waals surface area contributed by atoms with E-state index in [0.29, 0.717) is 0 Å². The highest BCUT2D eigenvalue weighted by Crippen LogP contribution is 1.90. The maximum atomic E-state index is 11.6. The molecule has 0 aliphatic carbocycles. The highest BCUT2D eigenvalue weighted by Gasteiger charge is 2.21. The van der Waals surface area contributed by atoms with E-state index < -0.39 is 35.9 Å². The van der Waals surface area contributed by atoms with Gasteiger partial charge in [0.15, 0.2) is 0 Å². The van der Waals surface area contributed by atoms with E-state index in [1.165, 1.54) is 27.9 Å². The van der Waals surface area contributed by atoms with Gasteiger partial charge in [0, 0.05) is 0 Å². The summed E-state index contributed by atoms with van der Waals surface area (Å²) >= 11 is 0. The molecule has 0 aromatic carbocycles. The number of amides is 2. The lowest BCUT2D eigenvalue weighted by Gasteiger charge is -2.17. The zero-order valence-electron chi connectivity index (χ0n) is 10.4. The Morgan fingerprint density at radius 2 is 1.47 bits per heavy atom. The van der Waals surface area contributed by atoms with Crippen molar-refractivity contribution in [3.63, 3.8) is 0 Å². The van der Waals surface area contributed by atoms with E-state index in [2.05, 4.69) is 15.4 Å². The molecule has 3 atom stereocenters. The van der Waals surface area contributed by atoms with E-state index in [0.717, 1.165) is 0 Å². The second-order valence-corrected chi connectivity index (χ2v) is 3.77. The van der Waals surface area contributed by atoms with E-state index in [1.807, 2.05) is 0 Å². The minimum atomic E-state index is -0.763. The molecule has 0 spiro atoms. The van der Waals surface area contributed by atoms with Gasteiger partial charge in [-0.1, -0.05) is 0 Å². The van der Waals surface area contributed by atoms with Gasteiger partial charge >= 0.3 is 5.97 Å². The van der Waals surface area contributed by atoms with Gasteiger partial charge in [-0.2, -0.15) is 0 Å². The monoisotopic (exact) mass is 245 g/mol. The molecule has 4 N–H and O–H groups in total. The van der Waals surface area contributed by atoms with Gasteiger partial charge in [0.1, 0.15) is 12.1 Å². The van der Waals surface area contributed by atoms with Crippen LogP contribution in [0.25, 0.3) is 0 Å². The fourth-order valence-electron chi connectivity index (χ4n) is 0.984. The van der Waals surface area contributed by atoms with Crippen molar-refractivity contribution < 1.29 is 19.1 Å². The van der Waals surface area contributed by atoms with Gasteiger partial charge in [-0.05, 0) is 20.8 Å². The van der Waals surface area contributed by atoms with Crippen LogP contribution in [0.3, 0.4) is 0 Å². The van der Waals surface area contributed by atoms with Crippen LogP contribution in [0, 0.1) is 0 Å². The highest BCUT2D eigenvalue weighted by atomic mass is 16.5. The van der Waals surface area contributed by atoms with Crippen LogP contribution in [0.2, 0.25) is 0 Å². The van der Waals surface area contributed by atoms with Gasteiger partial charge in [0.25, 0.3) is 0 Å². The fourth-order valence-corrected chi connectivity index (χ4v) is 0.984. The summed E-state index contributed by atoms with van der Waals surface area (Å²) in [7, 11) is 1.23. The Morgan fingerprint density at radius 1 is 1.00 bits per heavy atom. The van der Waals surface area contributed by atoms with Gasteiger partial charge in [0.2, 0.25) is 11.8 Å². The Morgan fingerprint density at radius 3 is 1.88 bits per heavy atom. The fraction of sp³-hybridized carbons (Fsp3) is 0.700. The van der Waals surface area contributed by atoms with E-state index in [-0.39, 0.29) is 0 Å². The molecule has 0 heterocycles. The third-order valence-electron chi connectivity index (χ3n) is 2.08. The molecule has 0 rings (SSSR count). The Kier molecular flexibility index (Phi) is 6.19. The smallest absolute Gasteiger partial charge is 0.328 e. The molecule has 0 fully saturated rings. The van der Waals surface area contributed by atoms with E-state index in [9.17, 15) is 14.4 Å². The first-order chi connectivity index (χ1) is 7.79. The van der Waals surface area contributed by atoms with Crippen molar-refractivity contribution in [3.05, 3.63) is 0 Å². The number of carbonyl (C=O) groups is 3. The first kappa shape index (κ1) is 15.4. The summed E-state index contributed by atoms with van der Waals surface area (Å²) in [5, 5.41) is 4.82. The Hall–Kier alpha value is -1.63. The van der Waals surface area contributed by atoms with Crippen LogP contribution in [0.5, 0.6) is 0 Å². The Balaban J connectivity index is 4.23. The average Bonchev–Trinajstić information content (AvgIpc) is 2.27. The summed E-state index contributed by atoms with van der Waals surface area (Å²) in [6.07, 6.45) is 0. The third-order valence-corrected chi connectivity index (χ3v) is 2.08. The summed E-state index contributed by atoms with van der Waals surface area (Å²) in [6.45, 7) is 4.50. The molecule has 0 saturated carbocycles. The van der Waals surface area contributed by atoms with E-state index in [4.69, 9.17) is 5.73 Å². The number of nitrogens with two attached hydrogens (primary N) is 1. The van der Waals surface area contributed by atoms with Crippen LogP contribution < -0.4 is 16.4 Å². The molecular weight excluding hydrogens is 226 g/mol. The van der Waals surface area contributed by atoms with Crippen molar-refractivity contribution in [1.29, 1.82) is 0 Å². The summed E-state index contributed by atoms with van der Waals surface area (Å²) < 4.78 is 4.45. The summed E-state index contributed by atoms with van der Waals surface area (Å²) in [5.74, 6) is -1.46. The lowest BCUT2D eigenvalue weighted by molar-refractivity contribution is -0.144. The number of rotatable bonds is 5. The van der Waals surface area contributed by atoms with Crippen LogP contribution in [-0.2, 0) is 19.1 Å². The first-order valence-electron chi connectivity index (χ1n) is 5.23. The van der Waals surface area contributed by atoms with Crippen LogP contribution in [0.15, 0.2) is 0 Å². The molecule has 0 aliphatic heterocycles. The molecule has 0 aromatic rings. The van der Waals surface area contributed by atoms with Gasteiger partial charge in [0.05, 0.1) is 13.2 Å². The predicted molar refractivity (Wildman–Crippen MR) is 60.9 cm³/mol. The predicted octanol–water partition coefficient (Wildman–Crippen LogP) is -1.48. The summed E-state index contributed by atoms with van der Waals surface area (Å²) in [5.41, 5.74) is 5.34. The van der Waals surface area contributed by atoms with Gasteiger partial charge in [-0.15, -0.1) is 0 Å². The molecule has 17 heavy (non-hydrogen) atoms. The third kappa shape index (κ3) is 5.30. The van der Waals surface area contributed by atoms with Gasteiger partial charge in [-0.25, -0.2) is 4.79 Å². The minimum Gasteiger partial charge on any atom is -0.467 e. The van der Waals surface area contributed by atoms with Crippen molar-refractivity contribution >= 4 is 17.8 Å². The van der Waals surface area contributed by atoms with Gasteiger partial charge < -0.3 is 21.1 Å². The molecule has 7 nitrogen and oxygen atoms in total. The first-order valence-corrected chi connectivity index (χ1v) is 5.23. The van der Waals surface area contributed by atoms with Gasteiger partial charge in [-0.3, -0.25) is 9.59 Å². The van der Waals surface area contributed by atoms with Crippen molar-refractivity contribution in [1.82, 2.24) is 10.6 Å². The number of carbonyl (C=O) groups excluding carboxylic acids is 3. The Bertz CT molecular complexity index is 304. The van der Waals surface area contributed by atoms with Crippen molar-refractivity contribution in [2.45, 2.75) is 38.9 Å². The minimum absolute atomic E-state index is 0.432. The number of nitrogens with one attached hydrogen (secondary N) is 2. The highest BCUT2D eigenvalue weighted by molar-refractivity contribution is 5.91. The molecular formula is C10H19N3O4. The normalized spacial score (nSPS) is 15.4. The van der Waals surface area contributed by atoms with Crippen LogP contribution >= 0.6 is 0 Å². The maximum Gasteiger partial charge on any atom is 0.328 e. The molecule has 0 aromatic heterocycles. The molecule has 0 bridgehead atoms. The molecule has 7 heteroatoms.